The predicted octanol–water partition coefficient (Wildman–Crippen LogP) is 4.37. The molecule has 116 valence electrons. The predicted molar refractivity (Wildman–Crippen MR) is 91.0 cm³/mol. The minimum atomic E-state index is 0.882. The van der Waals surface area contributed by atoms with Gasteiger partial charge in [0.25, 0.3) is 0 Å². The van der Waals surface area contributed by atoms with Crippen LogP contribution in [0.15, 0.2) is 18.2 Å². The zero-order valence-corrected chi connectivity index (χ0v) is 13.7. The van der Waals surface area contributed by atoms with Crippen LogP contribution in [0.4, 0.5) is 5.69 Å². The van der Waals surface area contributed by atoms with Crippen LogP contribution in [0.1, 0.15) is 49.7 Å². The maximum Gasteiger partial charge on any atom is 0.0399 e. The van der Waals surface area contributed by atoms with Gasteiger partial charge in [-0.15, -0.1) is 0 Å². The maximum atomic E-state index is 3.71. The van der Waals surface area contributed by atoms with Crippen LogP contribution in [-0.4, -0.2) is 30.6 Å². The summed E-state index contributed by atoms with van der Waals surface area (Å²) in [6.45, 7) is 8.25. The van der Waals surface area contributed by atoms with Gasteiger partial charge in [-0.05, 0) is 76.1 Å². The van der Waals surface area contributed by atoms with E-state index in [2.05, 4.69) is 42.3 Å². The molecule has 2 fully saturated rings. The number of nitrogens with one attached hydrogen (secondary N) is 1. The highest BCUT2D eigenvalue weighted by Crippen LogP contribution is 2.32. The number of nitrogens with zero attached hydrogens (tertiary/aromatic N) is 1. The van der Waals surface area contributed by atoms with Crippen LogP contribution in [0.3, 0.4) is 0 Å². The van der Waals surface area contributed by atoms with Gasteiger partial charge in [-0.1, -0.05) is 24.6 Å². The van der Waals surface area contributed by atoms with E-state index >= 15 is 0 Å². The SMILES string of the molecule is Cc1cccc(C)c1NCC[C@@H]1CCCN2CCCC[C@H]12. The molecule has 0 aliphatic carbocycles. The molecule has 2 aliphatic heterocycles. The van der Waals surface area contributed by atoms with E-state index in [1.165, 1.54) is 68.4 Å². The van der Waals surface area contributed by atoms with Crippen molar-refractivity contribution in [2.45, 2.75) is 58.4 Å². The van der Waals surface area contributed by atoms with Crippen LogP contribution in [0.5, 0.6) is 0 Å². The van der Waals surface area contributed by atoms with E-state index in [1.54, 1.807) is 0 Å². The second kappa shape index (κ2) is 6.83. The average molecular weight is 286 g/mol. The molecule has 2 aliphatic rings. The number of benzene rings is 1. The quantitative estimate of drug-likeness (QED) is 0.884. The van der Waals surface area contributed by atoms with Crippen LogP contribution in [0.2, 0.25) is 0 Å². The largest absolute Gasteiger partial charge is 0.385 e. The van der Waals surface area contributed by atoms with Crippen molar-refractivity contribution in [2.24, 2.45) is 5.92 Å². The number of piperidine rings is 2. The van der Waals surface area contributed by atoms with E-state index in [-0.39, 0.29) is 0 Å². The standard InChI is InChI=1S/C19H30N2/c1-15-7-5-8-16(2)19(15)20-12-11-17-9-6-14-21-13-4-3-10-18(17)21/h5,7-8,17-18,20H,3-4,6,9-14H2,1-2H3/t17-,18+/m0/s1. The minimum Gasteiger partial charge on any atom is -0.385 e. The van der Waals surface area contributed by atoms with Gasteiger partial charge in [0.05, 0.1) is 0 Å². The first-order valence-corrected chi connectivity index (χ1v) is 8.80. The fourth-order valence-corrected chi connectivity index (χ4v) is 4.39. The van der Waals surface area contributed by atoms with E-state index in [0.717, 1.165) is 18.5 Å². The third kappa shape index (κ3) is 3.42. The number of para-hydroxylation sites is 1. The van der Waals surface area contributed by atoms with Crippen molar-refractivity contribution in [2.75, 3.05) is 25.0 Å². The average Bonchev–Trinajstić information content (AvgIpc) is 2.50. The third-order valence-corrected chi connectivity index (χ3v) is 5.53. The molecule has 2 saturated heterocycles. The Morgan fingerprint density at radius 3 is 2.62 bits per heavy atom. The molecule has 0 bridgehead atoms. The number of hydrogen-bond acceptors (Lipinski definition) is 2. The maximum absolute atomic E-state index is 3.71. The van der Waals surface area contributed by atoms with Gasteiger partial charge in [0, 0.05) is 18.3 Å². The van der Waals surface area contributed by atoms with Crippen LogP contribution in [0.25, 0.3) is 0 Å². The monoisotopic (exact) mass is 286 g/mol. The molecule has 2 heteroatoms. The summed E-state index contributed by atoms with van der Waals surface area (Å²) in [6.07, 6.45) is 8.48. The molecule has 1 aromatic carbocycles. The van der Waals surface area contributed by atoms with Gasteiger partial charge >= 0.3 is 0 Å². The van der Waals surface area contributed by atoms with Crippen LogP contribution >= 0.6 is 0 Å². The molecule has 0 spiro atoms. The molecule has 2 atom stereocenters. The molecule has 0 radical (unpaired) electrons. The van der Waals surface area contributed by atoms with Gasteiger partial charge < -0.3 is 10.2 Å². The number of anilines is 1. The molecule has 3 rings (SSSR count). The van der Waals surface area contributed by atoms with Crippen molar-refractivity contribution in [1.82, 2.24) is 4.90 Å². The first kappa shape index (κ1) is 14.9. The van der Waals surface area contributed by atoms with E-state index in [9.17, 15) is 0 Å². The summed E-state index contributed by atoms with van der Waals surface area (Å²) in [6, 6.07) is 7.45. The molecule has 2 heterocycles. The lowest BCUT2D eigenvalue weighted by Gasteiger charge is -2.44. The lowest BCUT2D eigenvalue weighted by molar-refractivity contribution is 0.0573. The number of rotatable bonds is 4. The molecule has 0 saturated carbocycles. The highest BCUT2D eigenvalue weighted by molar-refractivity contribution is 5.56. The van der Waals surface area contributed by atoms with Crippen molar-refractivity contribution in [3.05, 3.63) is 29.3 Å². The van der Waals surface area contributed by atoms with Crippen LogP contribution in [-0.2, 0) is 0 Å². The Balaban J connectivity index is 1.55. The van der Waals surface area contributed by atoms with Crippen molar-refractivity contribution in [3.63, 3.8) is 0 Å². The van der Waals surface area contributed by atoms with E-state index in [1.807, 2.05) is 0 Å². The molecular formula is C19H30N2. The molecule has 1 aromatic rings. The van der Waals surface area contributed by atoms with Gasteiger partial charge in [-0.2, -0.15) is 0 Å². The normalized spacial score (nSPS) is 26.4. The Hall–Kier alpha value is -1.02. The molecule has 21 heavy (non-hydrogen) atoms. The molecule has 0 amide bonds. The fraction of sp³-hybridized carbons (Fsp3) is 0.684. The van der Waals surface area contributed by atoms with Crippen molar-refractivity contribution in [1.29, 1.82) is 0 Å². The topological polar surface area (TPSA) is 15.3 Å². The van der Waals surface area contributed by atoms with Crippen molar-refractivity contribution >= 4 is 5.69 Å². The Labute approximate surface area is 129 Å². The smallest absolute Gasteiger partial charge is 0.0399 e. The summed E-state index contributed by atoms with van der Waals surface area (Å²) in [5.41, 5.74) is 4.10. The van der Waals surface area contributed by atoms with E-state index in [4.69, 9.17) is 0 Å². The van der Waals surface area contributed by atoms with Crippen LogP contribution in [0, 0.1) is 19.8 Å². The van der Waals surface area contributed by atoms with Crippen molar-refractivity contribution < 1.29 is 0 Å². The summed E-state index contributed by atoms with van der Waals surface area (Å²) in [4.78, 5) is 2.77. The second-order valence-corrected chi connectivity index (χ2v) is 6.98. The Morgan fingerprint density at radius 1 is 1.05 bits per heavy atom. The second-order valence-electron chi connectivity index (χ2n) is 6.98. The molecule has 2 nitrogen and oxygen atoms in total. The number of aryl methyl sites for hydroxylation is 2. The van der Waals surface area contributed by atoms with Gasteiger partial charge in [0.1, 0.15) is 0 Å². The van der Waals surface area contributed by atoms with Crippen LogP contribution < -0.4 is 5.32 Å². The highest BCUT2D eigenvalue weighted by Gasteiger charge is 2.32. The number of hydrogen-bond donors (Lipinski definition) is 1. The first-order valence-electron chi connectivity index (χ1n) is 8.80. The summed E-state index contributed by atoms with van der Waals surface area (Å²) < 4.78 is 0. The molecule has 0 aromatic heterocycles. The molecule has 0 unspecified atom stereocenters. The minimum absolute atomic E-state index is 0.882. The van der Waals surface area contributed by atoms with E-state index in [0.29, 0.717) is 0 Å². The van der Waals surface area contributed by atoms with Gasteiger partial charge in [-0.25, -0.2) is 0 Å². The lowest BCUT2D eigenvalue weighted by Crippen LogP contribution is -2.48. The van der Waals surface area contributed by atoms with Gasteiger partial charge in [-0.3, -0.25) is 0 Å². The fourth-order valence-electron chi connectivity index (χ4n) is 4.39. The Morgan fingerprint density at radius 2 is 1.81 bits per heavy atom. The van der Waals surface area contributed by atoms with E-state index < -0.39 is 0 Å². The Bertz CT molecular complexity index is 446. The Kier molecular flexibility index (Phi) is 4.84. The van der Waals surface area contributed by atoms with Gasteiger partial charge in [0.2, 0.25) is 0 Å². The highest BCUT2D eigenvalue weighted by atomic mass is 15.2. The molecular weight excluding hydrogens is 256 g/mol. The van der Waals surface area contributed by atoms with Gasteiger partial charge in [0.15, 0.2) is 0 Å². The zero-order chi connectivity index (χ0) is 14.7. The summed E-state index contributed by atoms with van der Waals surface area (Å²) >= 11 is 0. The first-order chi connectivity index (χ1) is 10.3. The lowest BCUT2D eigenvalue weighted by atomic mass is 9.81. The third-order valence-electron chi connectivity index (χ3n) is 5.53. The summed E-state index contributed by atoms with van der Waals surface area (Å²) in [7, 11) is 0. The summed E-state index contributed by atoms with van der Waals surface area (Å²) in [5.74, 6) is 0.913. The number of fused-ring (bicyclic) bond motifs is 1. The zero-order valence-electron chi connectivity index (χ0n) is 13.7. The molecule has 1 N–H and O–H groups in total. The van der Waals surface area contributed by atoms with Crippen molar-refractivity contribution in [3.8, 4) is 0 Å². The summed E-state index contributed by atoms with van der Waals surface area (Å²) in [5, 5.41) is 3.71.